The zero-order chi connectivity index (χ0) is 23.9. The van der Waals surface area contributed by atoms with Gasteiger partial charge in [0.1, 0.15) is 18.1 Å². The van der Waals surface area contributed by atoms with Gasteiger partial charge in [-0.3, -0.25) is 4.79 Å². The maximum atomic E-state index is 13.3. The van der Waals surface area contributed by atoms with Crippen molar-refractivity contribution in [2.75, 3.05) is 34.0 Å². The van der Waals surface area contributed by atoms with Crippen LogP contribution >= 0.6 is 0 Å². The Balaban J connectivity index is 1.58. The van der Waals surface area contributed by atoms with Gasteiger partial charge in [0.25, 0.3) is 5.91 Å². The standard InChI is InChI=1S/C28H31NO5/c1-4-20-10-12-23(13-11-20)33-18-25-24-17-27(32-3)26(31-2)16-21(24)14-15-29(25)28(30)19-34-22-8-6-5-7-9-22/h5-13,16-17,25H,4,14-15,18-19H2,1-3H3/t25-/m0/s1. The molecule has 1 aliphatic rings. The minimum absolute atomic E-state index is 0.0334. The number of methoxy groups -OCH3 is 2. The van der Waals surface area contributed by atoms with Crippen molar-refractivity contribution in [3.8, 4) is 23.0 Å². The van der Waals surface area contributed by atoms with Gasteiger partial charge >= 0.3 is 0 Å². The Labute approximate surface area is 201 Å². The van der Waals surface area contributed by atoms with E-state index in [1.807, 2.05) is 59.5 Å². The number of hydrogen-bond donors (Lipinski definition) is 0. The molecule has 1 amide bonds. The molecule has 0 saturated heterocycles. The van der Waals surface area contributed by atoms with Crippen LogP contribution in [0.15, 0.2) is 66.7 Å². The normalized spacial score (nSPS) is 14.8. The van der Waals surface area contributed by atoms with Crippen LogP contribution in [0.2, 0.25) is 0 Å². The summed E-state index contributed by atoms with van der Waals surface area (Å²) in [6, 6.07) is 21.1. The number of benzene rings is 3. The summed E-state index contributed by atoms with van der Waals surface area (Å²) in [7, 11) is 3.24. The van der Waals surface area contributed by atoms with Gasteiger partial charge < -0.3 is 23.8 Å². The number of amides is 1. The number of ether oxygens (including phenoxy) is 4. The highest BCUT2D eigenvalue weighted by Gasteiger charge is 2.33. The van der Waals surface area contributed by atoms with E-state index in [0.717, 1.165) is 23.3 Å². The summed E-state index contributed by atoms with van der Waals surface area (Å²) in [5, 5.41) is 0. The summed E-state index contributed by atoms with van der Waals surface area (Å²) in [5.74, 6) is 2.68. The summed E-state index contributed by atoms with van der Waals surface area (Å²) < 4.78 is 23.0. The van der Waals surface area contributed by atoms with Crippen LogP contribution in [0.25, 0.3) is 0 Å². The summed E-state index contributed by atoms with van der Waals surface area (Å²) in [6.45, 7) is 2.99. The smallest absolute Gasteiger partial charge is 0.261 e. The van der Waals surface area contributed by atoms with Crippen molar-refractivity contribution in [1.82, 2.24) is 4.90 Å². The van der Waals surface area contributed by atoms with Crippen molar-refractivity contribution in [3.05, 3.63) is 83.4 Å². The Hall–Kier alpha value is -3.67. The van der Waals surface area contributed by atoms with E-state index < -0.39 is 0 Å². The van der Waals surface area contributed by atoms with Gasteiger partial charge in [0.05, 0.1) is 20.3 Å². The quantitative estimate of drug-likeness (QED) is 0.456. The zero-order valence-electron chi connectivity index (χ0n) is 20.0. The van der Waals surface area contributed by atoms with Crippen LogP contribution in [-0.2, 0) is 17.6 Å². The van der Waals surface area contributed by atoms with Crippen molar-refractivity contribution in [3.63, 3.8) is 0 Å². The van der Waals surface area contributed by atoms with E-state index >= 15 is 0 Å². The molecule has 3 aromatic carbocycles. The third-order valence-electron chi connectivity index (χ3n) is 6.17. The molecule has 6 heteroatoms. The fraction of sp³-hybridized carbons (Fsp3) is 0.321. The number of hydrogen-bond acceptors (Lipinski definition) is 5. The predicted molar refractivity (Wildman–Crippen MR) is 131 cm³/mol. The summed E-state index contributed by atoms with van der Waals surface area (Å²) in [4.78, 5) is 15.1. The maximum Gasteiger partial charge on any atom is 0.261 e. The first-order valence-electron chi connectivity index (χ1n) is 11.6. The number of fused-ring (bicyclic) bond motifs is 1. The van der Waals surface area contributed by atoms with Crippen LogP contribution in [0.4, 0.5) is 0 Å². The van der Waals surface area contributed by atoms with Crippen LogP contribution in [0.5, 0.6) is 23.0 Å². The predicted octanol–water partition coefficient (Wildman–Crippen LogP) is 4.85. The highest BCUT2D eigenvalue weighted by atomic mass is 16.5. The van der Waals surface area contributed by atoms with E-state index in [2.05, 4.69) is 19.1 Å². The Bertz CT molecular complexity index is 1100. The molecule has 6 nitrogen and oxygen atoms in total. The molecular formula is C28H31NO5. The van der Waals surface area contributed by atoms with Gasteiger partial charge in [0.2, 0.25) is 0 Å². The lowest BCUT2D eigenvalue weighted by Crippen LogP contribution is -2.44. The molecule has 0 aromatic heterocycles. The average Bonchev–Trinajstić information content (AvgIpc) is 2.90. The molecule has 34 heavy (non-hydrogen) atoms. The number of carbonyl (C=O) groups excluding carboxylic acids is 1. The van der Waals surface area contributed by atoms with Gasteiger partial charge in [-0.15, -0.1) is 0 Å². The van der Waals surface area contributed by atoms with E-state index in [9.17, 15) is 4.79 Å². The van der Waals surface area contributed by atoms with Gasteiger partial charge in [-0.25, -0.2) is 0 Å². The molecule has 0 spiro atoms. The lowest BCUT2D eigenvalue weighted by Gasteiger charge is -2.37. The lowest BCUT2D eigenvalue weighted by atomic mass is 9.92. The second-order valence-electron chi connectivity index (χ2n) is 8.17. The largest absolute Gasteiger partial charge is 0.493 e. The van der Waals surface area contributed by atoms with E-state index in [-0.39, 0.29) is 18.6 Å². The summed E-state index contributed by atoms with van der Waals surface area (Å²) in [6.07, 6.45) is 1.69. The van der Waals surface area contributed by atoms with E-state index in [0.29, 0.717) is 36.8 Å². The van der Waals surface area contributed by atoms with Crippen LogP contribution < -0.4 is 18.9 Å². The van der Waals surface area contributed by atoms with Gasteiger partial charge in [-0.2, -0.15) is 0 Å². The first-order chi connectivity index (χ1) is 16.6. The molecular weight excluding hydrogens is 430 g/mol. The van der Waals surface area contributed by atoms with Gasteiger partial charge in [-0.05, 0) is 65.9 Å². The van der Waals surface area contributed by atoms with Crippen LogP contribution in [-0.4, -0.2) is 44.8 Å². The fourth-order valence-corrected chi connectivity index (χ4v) is 4.25. The van der Waals surface area contributed by atoms with Crippen LogP contribution in [0, 0.1) is 0 Å². The Morgan fingerprint density at radius 3 is 2.26 bits per heavy atom. The highest BCUT2D eigenvalue weighted by Crippen LogP contribution is 2.38. The van der Waals surface area contributed by atoms with E-state index in [1.165, 1.54) is 5.56 Å². The third-order valence-corrected chi connectivity index (χ3v) is 6.17. The summed E-state index contributed by atoms with van der Waals surface area (Å²) >= 11 is 0. The Morgan fingerprint density at radius 2 is 1.59 bits per heavy atom. The number of nitrogens with zero attached hydrogens (tertiary/aromatic N) is 1. The molecule has 0 bridgehead atoms. The first-order valence-corrected chi connectivity index (χ1v) is 11.6. The number of rotatable bonds is 9. The molecule has 0 N–H and O–H groups in total. The molecule has 1 atom stereocenters. The summed E-state index contributed by atoms with van der Waals surface area (Å²) in [5.41, 5.74) is 3.38. The van der Waals surface area contributed by atoms with E-state index in [4.69, 9.17) is 18.9 Å². The molecule has 0 radical (unpaired) electrons. The van der Waals surface area contributed by atoms with Gasteiger partial charge in [0, 0.05) is 6.54 Å². The molecule has 4 rings (SSSR count). The second kappa shape index (κ2) is 11.0. The van der Waals surface area contributed by atoms with Crippen LogP contribution in [0.3, 0.4) is 0 Å². The average molecular weight is 462 g/mol. The maximum absolute atomic E-state index is 13.3. The second-order valence-corrected chi connectivity index (χ2v) is 8.17. The lowest BCUT2D eigenvalue weighted by molar-refractivity contribution is -0.137. The first kappa shape index (κ1) is 23.5. The molecule has 0 unspecified atom stereocenters. The zero-order valence-corrected chi connectivity index (χ0v) is 20.0. The van der Waals surface area contributed by atoms with Gasteiger partial charge in [0.15, 0.2) is 18.1 Å². The molecule has 1 aliphatic heterocycles. The SMILES string of the molecule is CCc1ccc(OC[C@H]2c3cc(OC)c(OC)cc3CCN2C(=O)COc2ccccc2)cc1. The minimum Gasteiger partial charge on any atom is -0.493 e. The third kappa shape index (κ3) is 5.28. The molecule has 0 aliphatic carbocycles. The molecule has 3 aromatic rings. The number of carbonyl (C=O) groups is 1. The monoisotopic (exact) mass is 461 g/mol. The van der Waals surface area contributed by atoms with Crippen molar-refractivity contribution in [2.45, 2.75) is 25.8 Å². The van der Waals surface area contributed by atoms with Crippen molar-refractivity contribution >= 4 is 5.91 Å². The molecule has 1 heterocycles. The number of aryl methyl sites for hydroxylation is 1. The van der Waals surface area contributed by atoms with Crippen molar-refractivity contribution in [2.24, 2.45) is 0 Å². The molecule has 0 fully saturated rings. The topological polar surface area (TPSA) is 57.2 Å². The Kier molecular flexibility index (Phi) is 7.58. The highest BCUT2D eigenvalue weighted by molar-refractivity contribution is 5.79. The Morgan fingerprint density at radius 1 is 0.912 bits per heavy atom. The van der Waals surface area contributed by atoms with E-state index in [1.54, 1.807) is 14.2 Å². The molecule has 0 saturated carbocycles. The fourth-order valence-electron chi connectivity index (χ4n) is 4.25. The van der Waals surface area contributed by atoms with Crippen molar-refractivity contribution < 1.29 is 23.7 Å². The van der Waals surface area contributed by atoms with Crippen LogP contribution in [0.1, 0.15) is 29.7 Å². The molecule has 178 valence electrons. The van der Waals surface area contributed by atoms with Crippen molar-refractivity contribution in [1.29, 1.82) is 0 Å². The number of para-hydroxylation sites is 1. The minimum atomic E-state index is -0.277. The van der Waals surface area contributed by atoms with Gasteiger partial charge in [-0.1, -0.05) is 37.3 Å².